The van der Waals surface area contributed by atoms with Crippen molar-refractivity contribution in [1.29, 1.82) is 0 Å². The Kier molecular flexibility index (Phi) is 7.43. The van der Waals surface area contributed by atoms with E-state index in [1.807, 2.05) is 0 Å². The summed E-state index contributed by atoms with van der Waals surface area (Å²) in [6.07, 6.45) is -0.705. The van der Waals surface area contributed by atoms with Crippen LogP contribution in [-0.2, 0) is 17.5 Å². The first kappa shape index (κ1) is 27.7. The van der Waals surface area contributed by atoms with Gasteiger partial charge in [-0.1, -0.05) is 36.9 Å². The lowest BCUT2D eigenvalue weighted by molar-refractivity contribution is -0.140. The predicted octanol–water partition coefficient (Wildman–Crippen LogP) is 4.51. The summed E-state index contributed by atoms with van der Waals surface area (Å²) >= 11 is 0. The van der Waals surface area contributed by atoms with Gasteiger partial charge in [0.1, 0.15) is 23.7 Å². The molecule has 3 heterocycles. The zero-order chi connectivity index (χ0) is 29.3. The number of benzene rings is 2. The number of carbonyl (C=O) groups excluding carboxylic acids is 2. The molecule has 212 valence electrons. The topological polar surface area (TPSA) is 119 Å². The van der Waals surface area contributed by atoms with E-state index >= 15 is 0 Å². The Morgan fingerprint density at radius 3 is 2.61 bits per heavy atom. The minimum atomic E-state index is -4.92. The fourth-order valence-electron chi connectivity index (χ4n) is 4.92. The molecule has 0 aliphatic carbocycles. The Hall–Kier alpha value is -4.81. The van der Waals surface area contributed by atoms with Crippen molar-refractivity contribution in [2.45, 2.75) is 31.6 Å². The minimum absolute atomic E-state index is 0.0511. The zero-order valence-electron chi connectivity index (χ0n) is 21.7. The van der Waals surface area contributed by atoms with E-state index in [1.165, 1.54) is 12.4 Å². The lowest BCUT2D eigenvalue weighted by Crippen LogP contribution is -2.40. The number of halogens is 4. The van der Waals surface area contributed by atoms with Crippen molar-refractivity contribution in [2.24, 2.45) is 0 Å². The molecule has 3 N–H and O–H groups in total. The van der Waals surface area contributed by atoms with Crippen molar-refractivity contribution in [1.82, 2.24) is 30.0 Å². The van der Waals surface area contributed by atoms with Crippen molar-refractivity contribution in [3.8, 4) is 11.3 Å². The van der Waals surface area contributed by atoms with E-state index in [4.69, 9.17) is 10.8 Å². The Bertz CT molecular complexity index is 1630. The molecule has 4 aromatic rings. The van der Waals surface area contributed by atoms with Crippen LogP contribution in [0.5, 0.6) is 0 Å². The lowest BCUT2D eigenvalue weighted by Gasteiger charge is -2.32. The molecule has 0 saturated carbocycles. The molecule has 2 aromatic carbocycles. The molecule has 1 saturated heterocycles. The first-order valence-corrected chi connectivity index (χ1v) is 12.7. The summed E-state index contributed by atoms with van der Waals surface area (Å²) < 4.78 is 55.1. The Morgan fingerprint density at radius 2 is 1.90 bits per heavy atom. The van der Waals surface area contributed by atoms with Crippen LogP contribution in [0.3, 0.4) is 0 Å². The monoisotopic (exact) mass is 567 g/mol. The van der Waals surface area contributed by atoms with E-state index in [1.54, 1.807) is 33.8 Å². The van der Waals surface area contributed by atoms with Crippen molar-refractivity contribution in [3.05, 3.63) is 84.0 Å². The quantitative estimate of drug-likeness (QED) is 0.261. The Morgan fingerprint density at radius 1 is 1.15 bits per heavy atom. The highest BCUT2D eigenvalue weighted by Crippen LogP contribution is 2.34. The number of nitrogen functional groups attached to an aromatic ring is 1. The maximum atomic E-state index is 14.3. The third kappa shape index (κ3) is 5.47. The van der Waals surface area contributed by atoms with Gasteiger partial charge in [0.2, 0.25) is 5.91 Å². The van der Waals surface area contributed by atoms with E-state index in [-0.39, 0.29) is 24.3 Å². The van der Waals surface area contributed by atoms with Crippen LogP contribution in [-0.4, -0.2) is 49.6 Å². The molecule has 1 aliphatic heterocycles. The predicted molar refractivity (Wildman–Crippen MR) is 143 cm³/mol. The van der Waals surface area contributed by atoms with Gasteiger partial charge in [-0.25, -0.2) is 19.0 Å². The lowest BCUT2D eigenvalue weighted by atomic mass is 10.1. The summed E-state index contributed by atoms with van der Waals surface area (Å²) in [5.41, 5.74) is 6.39. The van der Waals surface area contributed by atoms with Gasteiger partial charge in [0.25, 0.3) is 5.91 Å². The number of anilines is 1. The molecule has 0 unspecified atom stereocenters. The van der Waals surface area contributed by atoms with Gasteiger partial charge in [-0.3, -0.25) is 9.59 Å². The van der Waals surface area contributed by atoms with E-state index in [2.05, 4.69) is 21.9 Å². The maximum absolute atomic E-state index is 14.3. The summed E-state index contributed by atoms with van der Waals surface area (Å²) in [7, 11) is 0. The Labute approximate surface area is 231 Å². The van der Waals surface area contributed by atoms with Crippen LogP contribution < -0.4 is 11.1 Å². The highest BCUT2D eigenvalue weighted by molar-refractivity contribution is 5.98. The number of amides is 2. The van der Waals surface area contributed by atoms with Crippen molar-refractivity contribution >= 4 is 28.7 Å². The summed E-state index contributed by atoms with van der Waals surface area (Å²) in [6.45, 7) is 4.59. The molecule has 0 bridgehead atoms. The van der Waals surface area contributed by atoms with Crippen LogP contribution in [0, 0.1) is 5.82 Å². The number of carbonyl (C=O) groups is 2. The average Bonchev–Trinajstić information content (AvgIpc) is 3.36. The molecular formula is C28H25F4N7O2. The van der Waals surface area contributed by atoms with Gasteiger partial charge in [0.15, 0.2) is 5.65 Å². The first-order chi connectivity index (χ1) is 19.6. The van der Waals surface area contributed by atoms with E-state index in [0.717, 1.165) is 25.0 Å². The van der Waals surface area contributed by atoms with E-state index in [9.17, 15) is 27.2 Å². The summed E-state index contributed by atoms with van der Waals surface area (Å²) in [5.74, 6) is -2.50. The van der Waals surface area contributed by atoms with Gasteiger partial charge in [-0.05, 0) is 36.6 Å². The largest absolute Gasteiger partial charge is 0.419 e. The summed E-state index contributed by atoms with van der Waals surface area (Å²) in [5, 5.41) is 7.82. The van der Waals surface area contributed by atoms with Gasteiger partial charge in [-0.15, -0.1) is 0 Å². The Balaban J connectivity index is 1.37. The molecule has 5 rings (SSSR count). The number of alkyl halides is 3. The number of aromatic nitrogens is 4. The molecule has 1 fully saturated rings. The smallest absolute Gasteiger partial charge is 0.383 e. The molecule has 2 aromatic heterocycles. The first-order valence-electron chi connectivity index (χ1n) is 12.7. The van der Waals surface area contributed by atoms with Crippen LogP contribution in [0.15, 0.2) is 61.4 Å². The van der Waals surface area contributed by atoms with Crippen molar-refractivity contribution in [3.63, 3.8) is 0 Å². The third-order valence-electron chi connectivity index (χ3n) is 6.98. The van der Waals surface area contributed by atoms with Crippen molar-refractivity contribution < 1.29 is 27.2 Å². The fourth-order valence-corrected chi connectivity index (χ4v) is 4.92. The number of fused-ring (bicyclic) bond motifs is 1. The molecule has 41 heavy (non-hydrogen) atoms. The molecule has 9 nitrogen and oxygen atoms in total. The standard InChI is InChI=1S/C28H25F4N7O2/c1-2-21(40)38-12-4-5-18(14-38)39-26-22(25(33)35-15-36-26)24(37-39)17-10-8-16(9-11-17)13-34-27(41)19-6-3-7-20(23(19)29)28(30,31)32/h2-3,6-11,15,18H,1,4-5,12-14H2,(H,34,41)(H2,33,35,36)/t18-/m1/s1. The molecular weight excluding hydrogens is 542 g/mol. The van der Waals surface area contributed by atoms with Crippen LogP contribution in [0.1, 0.15) is 40.4 Å². The number of nitrogens with one attached hydrogen (secondary N) is 1. The van der Waals surface area contributed by atoms with Gasteiger partial charge >= 0.3 is 6.18 Å². The van der Waals surface area contributed by atoms with Gasteiger partial charge < -0.3 is 16.0 Å². The molecule has 0 spiro atoms. The zero-order valence-corrected chi connectivity index (χ0v) is 21.7. The van der Waals surface area contributed by atoms with E-state index in [0.29, 0.717) is 47.0 Å². The second-order valence-electron chi connectivity index (χ2n) is 9.58. The van der Waals surface area contributed by atoms with Crippen LogP contribution >= 0.6 is 0 Å². The van der Waals surface area contributed by atoms with Crippen LogP contribution in [0.25, 0.3) is 22.3 Å². The number of rotatable bonds is 6. The summed E-state index contributed by atoms with van der Waals surface area (Å²) in [6, 6.07) is 9.33. The normalized spacial score (nSPS) is 15.6. The number of hydrogen-bond acceptors (Lipinski definition) is 6. The minimum Gasteiger partial charge on any atom is -0.383 e. The van der Waals surface area contributed by atoms with Gasteiger partial charge in [0.05, 0.1) is 22.6 Å². The van der Waals surface area contributed by atoms with Crippen molar-refractivity contribution in [2.75, 3.05) is 18.8 Å². The maximum Gasteiger partial charge on any atom is 0.419 e. The van der Waals surface area contributed by atoms with Gasteiger partial charge in [0, 0.05) is 25.2 Å². The highest BCUT2D eigenvalue weighted by Gasteiger charge is 2.35. The molecule has 1 aliphatic rings. The number of nitrogens with zero attached hydrogens (tertiary/aromatic N) is 5. The fraction of sp³-hybridized carbons (Fsp3) is 0.250. The molecule has 0 radical (unpaired) electrons. The second-order valence-corrected chi connectivity index (χ2v) is 9.58. The molecule has 1 atom stereocenters. The summed E-state index contributed by atoms with van der Waals surface area (Å²) in [4.78, 5) is 34.9. The van der Waals surface area contributed by atoms with Gasteiger partial charge in [-0.2, -0.15) is 18.3 Å². The highest BCUT2D eigenvalue weighted by atomic mass is 19.4. The molecule has 2 amide bonds. The number of nitrogens with two attached hydrogens (primary N) is 1. The number of likely N-dealkylation sites (tertiary alicyclic amines) is 1. The number of piperidine rings is 1. The molecule has 13 heteroatoms. The second kappa shape index (κ2) is 11.0. The van der Waals surface area contributed by atoms with Crippen LogP contribution in [0.2, 0.25) is 0 Å². The number of hydrogen-bond donors (Lipinski definition) is 2. The van der Waals surface area contributed by atoms with Crippen LogP contribution in [0.4, 0.5) is 23.4 Å². The SMILES string of the molecule is C=CC(=O)N1CCC[C@@H](n2nc(-c3ccc(CNC(=O)c4cccc(C(F)(F)F)c4F)cc3)c3c(N)ncnc32)C1. The third-order valence-corrected chi connectivity index (χ3v) is 6.98. The average molecular weight is 568 g/mol. The van der Waals surface area contributed by atoms with E-state index < -0.39 is 29.0 Å².